The standard InChI is InChI=1S/C17H18N2O5/c1-22-14-8-12(9-15(23-2)16(14)24-3)17(21)19-18-10-11-4-6-13(20)7-5-11/h4-10,20H,1-3H3,(H,19,21)/b18-10+. The Hall–Kier alpha value is -3.22. The van der Waals surface area contributed by atoms with E-state index in [0.717, 1.165) is 5.56 Å². The molecule has 0 unspecified atom stereocenters. The third-order valence-electron chi connectivity index (χ3n) is 3.20. The maximum atomic E-state index is 12.2. The molecule has 126 valence electrons. The van der Waals surface area contributed by atoms with E-state index in [4.69, 9.17) is 14.2 Å². The summed E-state index contributed by atoms with van der Waals surface area (Å²) in [7, 11) is 4.44. The fourth-order valence-corrected chi connectivity index (χ4v) is 2.00. The molecular weight excluding hydrogens is 312 g/mol. The molecule has 1 amide bonds. The number of phenols is 1. The lowest BCUT2D eigenvalue weighted by molar-refractivity contribution is 0.0954. The fraction of sp³-hybridized carbons (Fsp3) is 0.176. The van der Waals surface area contributed by atoms with Gasteiger partial charge < -0.3 is 19.3 Å². The number of methoxy groups -OCH3 is 3. The van der Waals surface area contributed by atoms with Crippen LogP contribution >= 0.6 is 0 Å². The van der Waals surface area contributed by atoms with E-state index in [0.29, 0.717) is 22.8 Å². The number of hydrogen-bond acceptors (Lipinski definition) is 6. The van der Waals surface area contributed by atoms with E-state index in [1.165, 1.54) is 51.8 Å². The lowest BCUT2D eigenvalue weighted by Gasteiger charge is -2.13. The van der Waals surface area contributed by atoms with Crippen molar-refractivity contribution in [1.82, 2.24) is 5.43 Å². The molecular formula is C17H18N2O5. The number of hydrogen-bond donors (Lipinski definition) is 2. The van der Waals surface area contributed by atoms with Gasteiger partial charge in [-0.2, -0.15) is 5.10 Å². The van der Waals surface area contributed by atoms with Gasteiger partial charge in [0.2, 0.25) is 5.75 Å². The monoisotopic (exact) mass is 330 g/mol. The van der Waals surface area contributed by atoms with Crippen LogP contribution in [0.1, 0.15) is 15.9 Å². The number of carbonyl (C=O) groups is 1. The Balaban J connectivity index is 2.15. The van der Waals surface area contributed by atoms with Crippen LogP contribution in [0.2, 0.25) is 0 Å². The highest BCUT2D eigenvalue weighted by molar-refractivity contribution is 5.96. The topological polar surface area (TPSA) is 89.4 Å². The fourth-order valence-electron chi connectivity index (χ4n) is 2.00. The van der Waals surface area contributed by atoms with E-state index >= 15 is 0 Å². The third-order valence-corrected chi connectivity index (χ3v) is 3.20. The molecule has 0 atom stereocenters. The molecule has 0 aliphatic rings. The summed E-state index contributed by atoms with van der Waals surface area (Å²) in [5.74, 6) is 0.899. The molecule has 2 rings (SSSR count). The number of rotatable bonds is 6. The first kappa shape index (κ1) is 17.1. The van der Waals surface area contributed by atoms with Gasteiger partial charge in [0.25, 0.3) is 5.91 Å². The van der Waals surface area contributed by atoms with Crippen molar-refractivity contribution in [3.63, 3.8) is 0 Å². The van der Waals surface area contributed by atoms with Crippen molar-refractivity contribution in [2.24, 2.45) is 5.10 Å². The summed E-state index contributed by atoms with van der Waals surface area (Å²) in [6.45, 7) is 0. The van der Waals surface area contributed by atoms with Crippen LogP contribution in [0.25, 0.3) is 0 Å². The Morgan fingerprint density at radius 1 is 1.04 bits per heavy atom. The molecule has 2 aromatic rings. The molecule has 0 saturated carbocycles. The van der Waals surface area contributed by atoms with E-state index in [9.17, 15) is 9.90 Å². The molecule has 0 fully saturated rings. The van der Waals surface area contributed by atoms with Crippen LogP contribution < -0.4 is 19.6 Å². The van der Waals surface area contributed by atoms with E-state index in [1.807, 2.05) is 0 Å². The lowest BCUT2D eigenvalue weighted by atomic mass is 10.1. The Kier molecular flexibility index (Phi) is 5.62. The highest BCUT2D eigenvalue weighted by Gasteiger charge is 2.16. The molecule has 0 aromatic heterocycles. The second-order valence-electron chi connectivity index (χ2n) is 4.70. The summed E-state index contributed by atoms with van der Waals surface area (Å²) in [4.78, 5) is 12.2. The van der Waals surface area contributed by atoms with E-state index in [1.54, 1.807) is 12.1 Å². The van der Waals surface area contributed by atoms with Gasteiger partial charge in [0.1, 0.15) is 5.75 Å². The van der Waals surface area contributed by atoms with Gasteiger partial charge in [0.15, 0.2) is 11.5 Å². The van der Waals surface area contributed by atoms with Gasteiger partial charge in [-0.25, -0.2) is 5.43 Å². The van der Waals surface area contributed by atoms with Crippen molar-refractivity contribution >= 4 is 12.1 Å². The van der Waals surface area contributed by atoms with Gasteiger partial charge in [-0.15, -0.1) is 0 Å². The van der Waals surface area contributed by atoms with Crippen molar-refractivity contribution in [3.05, 3.63) is 47.5 Å². The van der Waals surface area contributed by atoms with Crippen LogP contribution in [0.4, 0.5) is 0 Å². The Labute approximate surface area is 139 Å². The molecule has 0 radical (unpaired) electrons. The quantitative estimate of drug-likeness (QED) is 0.626. The molecule has 24 heavy (non-hydrogen) atoms. The van der Waals surface area contributed by atoms with E-state index < -0.39 is 5.91 Å². The minimum absolute atomic E-state index is 0.161. The summed E-state index contributed by atoms with van der Waals surface area (Å²) in [6.07, 6.45) is 1.47. The van der Waals surface area contributed by atoms with Crippen molar-refractivity contribution in [2.45, 2.75) is 0 Å². The molecule has 0 heterocycles. The minimum atomic E-state index is -0.427. The number of nitrogens with one attached hydrogen (secondary N) is 1. The van der Waals surface area contributed by atoms with Crippen LogP contribution in [-0.2, 0) is 0 Å². The van der Waals surface area contributed by atoms with Gasteiger partial charge in [-0.3, -0.25) is 4.79 Å². The molecule has 0 spiro atoms. The van der Waals surface area contributed by atoms with Gasteiger partial charge >= 0.3 is 0 Å². The number of carbonyl (C=O) groups excluding carboxylic acids is 1. The first-order valence-electron chi connectivity index (χ1n) is 7.01. The zero-order chi connectivity index (χ0) is 17.5. The molecule has 7 nitrogen and oxygen atoms in total. The normalized spacial score (nSPS) is 10.5. The molecule has 0 aliphatic carbocycles. The number of ether oxygens (including phenoxy) is 3. The maximum absolute atomic E-state index is 12.2. The number of amides is 1. The Bertz CT molecular complexity index is 716. The minimum Gasteiger partial charge on any atom is -0.508 e. The second kappa shape index (κ2) is 7.87. The summed E-state index contributed by atoms with van der Waals surface area (Å²) in [6, 6.07) is 9.47. The number of nitrogens with zero attached hydrogens (tertiary/aromatic N) is 1. The highest BCUT2D eigenvalue weighted by Crippen LogP contribution is 2.38. The number of phenolic OH excluding ortho intramolecular Hbond substituents is 1. The molecule has 0 aliphatic heterocycles. The molecule has 0 bridgehead atoms. The van der Waals surface area contributed by atoms with Crippen molar-refractivity contribution < 1.29 is 24.1 Å². The van der Waals surface area contributed by atoms with Crippen molar-refractivity contribution in [2.75, 3.05) is 21.3 Å². The number of benzene rings is 2. The van der Waals surface area contributed by atoms with E-state index in [-0.39, 0.29) is 5.75 Å². The Morgan fingerprint density at radius 3 is 2.12 bits per heavy atom. The molecule has 0 saturated heterocycles. The molecule has 7 heteroatoms. The zero-order valence-corrected chi connectivity index (χ0v) is 13.6. The van der Waals surface area contributed by atoms with Gasteiger partial charge in [0.05, 0.1) is 27.5 Å². The average Bonchev–Trinajstić information content (AvgIpc) is 2.61. The molecule has 2 aromatic carbocycles. The molecule has 2 N–H and O–H groups in total. The van der Waals surface area contributed by atoms with Crippen molar-refractivity contribution in [1.29, 1.82) is 0 Å². The van der Waals surface area contributed by atoms with Crippen LogP contribution in [0, 0.1) is 0 Å². The summed E-state index contributed by atoms with van der Waals surface area (Å²) in [5.41, 5.74) is 3.46. The van der Waals surface area contributed by atoms with Gasteiger partial charge in [-0.05, 0) is 42.0 Å². The summed E-state index contributed by atoms with van der Waals surface area (Å²) >= 11 is 0. The largest absolute Gasteiger partial charge is 0.508 e. The Morgan fingerprint density at radius 2 is 1.62 bits per heavy atom. The average molecular weight is 330 g/mol. The first-order valence-corrected chi connectivity index (χ1v) is 7.01. The number of hydrazone groups is 1. The lowest BCUT2D eigenvalue weighted by Crippen LogP contribution is -2.18. The van der Waals surface area contributed by atoms with Gasteiger partial charge in [-0.1, -0.05) is 0 Å². The van der Waals surface area contributed by atoms with Crippen LogP contribution in [0.5, 0.6) is 23.0 Å². The summed E-state index contributed by atoms with van der Waals surface area (Å²) < 4.78 is 15.6. The first-order chi connectivity index (χ1) is 11.6. The maximum Gasteiger partial charge on any atom is 0.271 e. The smallest absolute Gasteiger partial charge is 0.271 e. The summed E-state index contributed by atoms with van der Waals surface area (Å²) in [5, 5.41) is 13.1. The van der Waals surface area contributed by atoms with Gasteiger partial charge in [0, 0.05) is 5.56 Å². The second-order valence-corrected chi connectivity index (χ2v) is 4.70. The predicted molar refractivity (Wildman–Crippen MR) is 89.3 cm³/mol. The zero-order valence-electron chi connectivity index (χ0n) is 13.6. The predicted octanol–water partition coefficient (Wildman–Crippen LogP) is 2.18. The highest BCUT2D eigenvalue weighted by atomic mass is 16.5. The van der Waals surface area contributed by atoms with Crippen molar-refractivity contribution in [3.8, 4) is 23.0 Å². The third kappa shape index (κ3) is 3.95. The van der Waals surface area contributed by atoms with Crippen LogP contribution in [0.3, 0.4) is 0 Å². The SMILES string of the molecule is COc1cc(C(=O)N/N=C/c2ccc(O)cc2)cc(OC)c1OC. The van der Waals surface area contributed by atoms with Crippen LogP contribution in [0.15, 0.2) is 41.5 Å². The number of aromatic hydroxyl groups is 1. The van der Waals surface area contributed by atoms with Crippen LogP contribution in [-0.4, -0.2) is 38.6 Å². The van der Waals surface area contributed by atoms with E-state index in [2.05, 4.69) is 10.5 Å².